The van der Waals surface area contributed by atoms with Crippen LogP contribution in [0.1, 0.15) is 31.8 Å². The first-order valence-corrected chi connectivity index (χ1v) is 10.4. The highest BCUT2D eigenvalue weighted by atomic mass is 35.5. The fourth-order valence-corrected chi connectivity index (χ4v) is 4.36. The molecular weight excluding hydrogens is 468 g/mol. The van der Waals surface area contributed by atoms with E-state index in [4.69, 9.17) is 46.4 Å². The van der Waals surface area contributed by atoms with Gasteiger partial charge in [-0.25, -0.2) is 4.90 Å². The number of halogens is 4. The Morgan fingerprint density at radius 1 is 0.633 bits per heavy atom. The van der Waals surface area contributed by atoms with Crippen LogP contribution in [0.4, 0.5) is 5.69 Å². The molecule has 1 aliphatic heterocycles. The molecule has 1 aliphatic rings. The Balaban J connectivity index is 1.58. The number of nitrogens with zero attached hydrogens (tertiary/aromatic N) is 1. The number of phenols is 1. The van der Waals surface area contributed by atoms with Gasteiger partial charge in [0.05, 0.1) is 36.9 Å². The van der Waals surface area contributed by atoms with Gasteiger partial charge in [-0.1, -0.05) is 70.7 Å². The predicted octanol–water partition coefficient (Wildman–Crippen LogP) is 6.59. The van der Waals surface area contributed by atoms with Crippen molar-refractivity contribution < 1.29 is 14.7 Å². The highest BCUT2D eigenvalue weighted by Crippen LogP contribution is 2.45. The van der Waals surface area contributed by atoms with Gasteiger partial charge in [0.25, 0.3) is 11.8 Å². The molecule has 0 atom stereocenters. The molecule has 30 heavy (non-hydrogen) atoms. The molecule has 0 bridgehead atoms. The molecule has 2 amide bonds. The van der Waals surface area contributed by atoms with Crippen molar-refractivity contribution in [3.05, 3.63) is 90.9 Å². The fraction of sp³-hybridized carbons (Fsp3) is 0.0909. The topological polar surface area (TPSA) is 57.6 Å². The van der Waals surface area contributed by atoms with Gasteiger partial charge >= 0.3 is 0 Å². The second-order valence-corrected chi connectivity index (χ2v) is 8.30. The zero-order valence-corrected chi connectivity index (χ0v) is 18.3. The summed E-state index contributed by atoms with van der Waals surface area (Å²) in [4.78, 5) is 26.8. The van der Waals surface area contributed by atoms with Crippen molar-refractivity contribution in [2.24, 2.45) is 0 Å². The van der Waals surface area contributed by atoms with E-state index in [1.54, 1.807) is 24.3 Å². The molecule has 0 fully saturated rings. The highest BCUT2D eigenvalue weighted by Gasteiger charge is 2.42. The van der Waals surface area contributed by atoms with Crippen LogP contribution in [0.25, 0.3) is 0 Å². The molecule has 152 valence electrons. The summed E-state index contributed by atoms with van der Waals surface area (Å²) in [6.07, 6.45) is 1.55. The number of aryl methyl sites for hydroxylation is 2. The number of carbonyl (C=O) groups excluding carboxylic acids is 2. The van der Waals surface area contributed by atoms with Crippen molar-refractivity contribution in [1.82, 2.24) is 0 Å². The molecule has 4 nitrogen and oxygen atoms in total. The Morgan fingerprint density at radius 2 is 1.03 bits per heavy atom. The Kier molecular flexibility index (Phi) is 5.69. The van der Waals surface area contributed by atoms with E-state index >= 15 is 0 Å². The summed E-state index contributed by atoms with van der Waals surface area (Å²) in [6, 6.07) is 14.1. The summed E-state index contributed by atoms with van der Waals surface area (Å²) in [7, 11) is 0. The van der Waals surface area contributed by atoms with E-state index in [0.29, 0.717) is 5.69 Å². The number of carbonyl (C=O) groups is 2. The molecule has 0 saturated heterocycles. The van der Waals surface area contributed by atoms with Gasteiger partial charge in [-0.2, -0.15) is 0 Å². The lowest BCUT2D eigenvalue weighted by molar-refractivity contribution is 0.0926. The number of imide groups is 1. The normalized spacial score (nSPS) is 13.1. The van der Waals surface area contributed by atoms with Crippen molar-refractivity contribution in [2.75, 3.05) is 4.90 Å². The van der Waals surface area contributed by atoms with Crippen LogP contribution < -0.4 is 4.90 Å². The maximum Gasteiger partial charge on any atom is 0.267 e. The average Bonchev–Trinajstić information content (AvgIpc) is 3.01. The zero-order chi connectivity index (χ0) is 21.6. The van der Waals surface area contributed by atoms with Crippen LogP contribution in [-0.4, -0.2) is 16.9 Å². The van der Waals surface area contributed by atoms with Gasteiger partial charge in [0.15, 0.2) is 0 Å². The van der Waals surface area contributed by atoms with E-state index < -0.39 is 11.8 Å². The van der Waals surface area contributed by atoms with Crippen LogP contribution in [0.2, 0.25) is 20.1 Å². The van der Waals surface area contributed by atoms with Gasteiger partial charge in [-0.15, -0.1) is 0 Å². The minimum atomic E-state index is -0.600. The molecule has 0 radical (unpaired) electrons. The average molecular weight is 481 g/mol. The molecule has 3 aromatic carbocycles. The maximum atomic E-state index is 12.9. The van der Waals surface area contributed by atoms with Crippen molar-refractivity contribution in [1.29, 1.82) is 0 Å². The minimum Gasteiger partial charge on any atom is -0.508 e. The number of amides is 2. The van der Waals surface area contributed by atoms with Gasteiger partial charge in [0.2, 0.25) is 0 Å². The molecule has 0 saturated carbocycles. The maximum absolute atomic E-state index is 12.9. The van der Waals surface area contributed by atoms with Crippen molar-refractivity contribution in [3.63, 3.8) is 0 Å². The molecule has 4 rings (SSSR count). The summed E-state index contributed by atoms with van der Waals surface area (Å²) < 4.78 is 0. The SMILES string of the molecule is O=C1c2c(Cl)c(Cl)c(Cl)c(Cl)c2C(=O)N1c1ccc(CCc2ccc(O)cc2)cc1. The third-order valence-electron chi connectivity index (χ3n) is 4.93. The van der Waals surface area contributed by atoms with Crippen LogP contribution in [0.3, 0.4) is 0 Å². The molecular formula is C22H13Cl4NO3. The molecule has 1 heterocycles. The van der Waals surface area contributed by atoms with Crippen LogP contribution in [0.15, 0.2) is 48.5 Å². The molecule has 0 unspecified atom stereocenters. The number of anilines is 1. The molecule has 1 N–H and O–H groups in total. The van der Waals surface area contributed by atoms with Crippen molar-refractivity contribution in [2.45, 2.75) is 12.8 Å². The number of hydrogen-bond acceptors (Lipinski definition) is 3. The van der Waals surface area contributed by atoms with E-state index in [1.165, 1.54) is 0 Å². The standard InChI is InChI=1S/C22H13Cl4NO3/c23-17-15-16(18(24)20(26)19(17)25)22(30)27(21(15)29)13-7-3-11(4-8-13)1-2-12-5-9-14(28)10-6-12/h3-10,28H,1-2H2. The zero-order valence-electron chi connectivity index (χ0n) is 15.3. The van der Waals surface area contributed by atoms with Crippen LogP contribution in [0.5, 0.6) is 5.75 Å². The second kappa shape index (κ2) is 8.12. The summed E-state index contributed by atoms with van der Waals surface area (Å²) in [5.41, 5.74) is 2.43. The van der Waals surface area contributed by atoms with Crippen LogP contribution in [-0.2, 0) is 12.8 Å². The lowest BCUT2D eigenvalue weighted by Crippen LogP contribution is -2.29. The number of benzene rings is 3. The molecule has 0 aliphatic carbocycles. The van der Waals surface area contributed by atoms with Crippen molar-refractivity contribution >= 4 is 63.9 Å². The first-order valence-electron chi connectivity index (χ1n) is 8.91. The van der Waals surface area contributed by atoms with E-state index in [2.05, 4.69) is 0 Å². The molecule has 3 aromatic rings. The van der Waals surface area contributed by atoms with Gasteiger partial charge in [0, 0.05) is 0 Å². The summed E-state index contributed by atoms with van der Waals surface area (Å²) in [6.45, 7) is 0. The Bertz CT molecular complexity index is 1130. The number of hydrogen-bond donors (Lipinski definition) is 1. The number of rotatable bonds is 4. The summed E-state index contributed by atoms with van der Waals surface area (Å²) in [5.74, 6) is -0.971. The summed E-state index contributed by atoms with van der Waals surface area (Å²) >= 11 is 24.4. The lowest BCUT2D eigenvalue weighted by Gasteiger charge is -2.14. The van der Waals surface area contributed by atoms with Crippen LogP contribution >= 0.6 is 46.4 Å². The van der Waals surface area contributed by atoms with E-state index in [0.717, 1.165) is 28.9 Å². The Morgan fingerprint density at radius 3 is 1.47 bits per heavy atom. The smallest absolute Gasteiger partial charge is 0.267 e. The molecule has 0 aromatic heterocycles. The Hall–Kier alpha value is -2.24. The second-order valence-electron chi connectivity index (χ2n) is 6.78. The lowest BCUT2D eigenvalue weighted by atomic mass is 10.0. The predicted molar refractivity (Wildman–Crippen MR) is 120 cm³/mol. The van der Waals surface area contributed by atoms with Gasteiger partial charge < -0.3 is 5.11 Å². The van der Waals surface area contributed by atoms with E-state index in [1.807, 2.05) is 24.3 Å². The number of fused-ring (bicyclic) bond motifs is 1. The minimum absolute atomic E-state index is 0.0440. The quantitative estimate of drug-likeness (QED) is 0.260. The third kappa shape index (κ3) is 3.54. The van der Waals surface area contributed by atoms with Gasteiger partial charge in [0.1, 0.15) is 5.75 Å². The summed E-state index contributed by atoms with van der Waals surface area (Å²) in [5, 5.41) is 9.06. The van der Waals surface area contributed by atoms with Gasteiger partial charge in [-0.05, 0) is 48.2 Å². The Labute approximate surface area is 192 Å². The van der Waals surface area contributed by atoms with Crippen molar-refractivity contribution in [3.8, 4) is 5.75 Å². The molecule has 0 spiro atoms. The van der Waals surface area contributed by atoms with E-state index in [9.17, 15) is 14.7 Å². The largest absolute Gasteiger partial charge is 0.508 e. The fourth-order valence-electron chi connectivity index (χ4n) is 3.35. The third-order valence-corrected chi connectivity index (χ3v) is 6.74. The monoisotopic (exact) mass is 479 g/mol. The number of aromatic hydroxyl groups is 1. The van der Waals surface area contributed by atoms with Gasteiger partial charge in [-0.3, -0.25) is 9.59 Å². The highest BCUT2D eigenvalue weighted by molar-refractivity contribution is 6.56. The van der Waals surface area contributed by atoms with E-state index in [-0.39, 0.29) is 37.0 Å². The first-order chi connectivity index (χ1) is 14.3. The molecule has 8 heteroatoms. The van der Waals surface area contributed by atoms with Crippen LogP contribution in [0, 0.1) is 0 Å². The number of phenolic OH excluding ortho intramolecular Hbond substituents is 1. The first kappa shape index (κ1) is 21.0.